The average Bonchev–Trinajstić information content (AvgIpc) is 3.29. The molecule has 1 fully saturated rings. The molecule has 13 heteroatoms. The van der Waals surface area contributed by atoms with Crippen LogP contribution in [0.2, 0.25) is 0 Å². The van der Waals surface area contributed by atoms with E-state index in [1.165, 1.54) is 29.7 Å². The summed E-state index contributed by atoms with van der Waals surface area (Å²) in [6.45, 7) is 1.54. The summed E-state index contributed by atoms with van der Waals surface area (Å²) in [4.78, 5) is 48.3. The number of amides is 1. The van der Waals surface area contributed by atoms with Crippen LogP contribution in [-0.4, -0.2) is 87.4 Å². The lowest BCUT2D eigenvalue weighted by Crippen LogP contribution is -2.42. The summed E-state index contributed by atoms with van der Waals surface area (Å²) in [6.07, 6.45) is 1.88. The molecule has 0 bridgehead atoms. The molecule has 1 aromatic heterocycles. The van der Waals surface area contributed by atoms with E-state index in [4.69, 9.17) is 0 Å². The van der Waals surface area contributed by atoms with Crippen LogP contribution in [-0.2, 0) is 19.2 Å². The monoisotopic (exact) mass is 408 g/mol. The first-order valence-electron chi connectivity index (χ1n) is 9.21. The van der Waals surface area contributed by atoms with Crippen LogP contribution in [0.15, 0.2) is 6.20 Å². The Balaban J connectivity index is 2.11. The first-order chi connectivity index (χ1) is 13.7. The third-order valence-electron chi connectivity index (χ3n) is 5.10. The quantitative estimate of drug-likeness (QED) is 0.310. The van der Waals surface area contributed by atoms with Crippen LogP contribution in [0.1, 0.15) is 44.0 Å². The highest BCUT2D eigenvalue weighted by atomic mass is 16.4. The van der Waals surface area contributed by atoms with Crippen molar-refractivity contribution in [2.45, 2.75) is 50.4 Å². The second kappa shape index (κ2) is 9.61. The van der Waals surface area contributed by atoms with Gasteiger partial charge in [0.15, 0.2) is 14.0 Å². The Kier molecular flexibility index (Phi) is 7.45. The molecule has 12 nitrogen and oxygen atoms in total. The van der Waals surface area contributed by atoms with E-state index in [1.54, 1.807) is 7.98 Å². The molecule has 4 unspecified atom stereocenters. The number of carboxylic acids is 2. The van der Waals surface area contributed by atoms with Crippen LogP contribution >= 0.6 is 0 Å². The van der Waals surface area contributed by atoms with E-state index in [-0.39, 0.29) is 43.2 Å². The Bertz CT molecular complexity index is 786. The number of aromatic nitrogens is 3. The second-order valence-electron chi connectivity index (χ2n) is 6.96. The molecule has 1 aliphatic rings. The molecule has 0 aromatic carbocycles. The van der Waals surface area contributed by atoms with Crippen LogP contribution in [0, 0.1) is 0 Å². The molecule has 2 rings (SSSR count). The molecule has 158 valence electrons. The summed E-state index contributed by atoms with van der Waals surface area (Å²) in [5.74, 6) is -2.70. The molecule has 1 aromatic rings. The molecular formula is C16H25BN6O6. The van der Waals surface area contributed by atoms with Crippen molar-refractivity contribution >= 4 is 31.6 Å². The molecule has 4 N–H and O–H groups in total. The van der Waals surface area contributed by atoms with Crippen molar-refractivity contribution in [3.63, 3.8) is 0 Å². The van der Waals surface area contributed by atoms with E-state index >= 15 is 0 Å². The summed E-state index contributed by atoms with van der Waals surface area (Å²) in [7, 11) is 3.11. The largest absolute Gasteiger partial charge is 0.480 e. The van der Waals surface area contributed by atoms with Crippen molar-refractivity contribution in [3.8, 4) is 0 Å². The summed E-state index contributed by atoms with van der Waals surface area (Å²) < 4.78 is 1.40. The van der Waals surface area contributed by atoms with Gasteiger partial charge in [0.2, 0.25) is 5.91 Å². The predicted molar refractivity (Wildman–Crippen MR) is 102 cm³/mol. The van der Waals surface area contributed by atoms with Gasteiger partial charge in [-0.05, 0) is 20.4 Å². The minimum absolute atomic E-state index is 0.0328. The lowest BCUT2D eigenvalue weighted by Gasteiger charge is -2.22. The molecule has 0 spiro atoms. The molecule has 0 aliphatic carbocycles. The molecule has 4 atom stereocenters. The van der Waals surface area contributed by atoms with Gasteiger partial charge in [-0.2, -0.15) is 0 Å². The first-order valence-corrected chi connectivity index (χ1v) is 9.21. The Hall–Kier alpha value is -2.80. The van der Waals surface area contributed by atoms with E-state index in [1.807, 2.05) is 0 Å². The number of likely N-dealkylation sites (tertiary alicyclic amines) is 1. The number of carbonyl (C=O) groups excluding carboxylic acids is 2. The molecule has 1 aliphatic heterocycles. The van der Waals surface area contributed by atoms with Crippen molar-refractivity contribution in [2.24, 2.45) is 0 Å². The number of ketones is 1. The fraction of sp³-hybridized carbons (Fsp3) is 0.625. The van der Waals surface area contributed by atoms with Crippen LogP contribution in [0.25, 0.3) is 0 Å². The summed E-state index contributed by atoms with van der Waals surface area (Å²) >= 11 is 0. The fourth-order valence-electron chi connectivity index (χ4n) is 3.48. The standard InChI is InChI=1S/C16H25BN6O6/c1-8(24)10(19-17)3-4-13(25)22-6-9(5-12(22)15(26)27)23-7-11(20-21-23)14(18-2)16(28)29/h7,9-10,12,14,18-19H,3-6,17H2,1-2H3,(H,26,27)(H,28,29). The fourth-order valence-corrected chi connectivity index (χ4v) is 3.48. The van der Waals surface area contributed by atoms with Crippen molar-refractivity contribution in [3.05, 3.63) is 11.9 Å². The van der Waals surface area contributed by atoms with Gasteiger partial charge in [0.05, 0.1) is 18.3 Å². The SMILES string of the molecule is BNC(CCC(=O)N1CC(n2cc(C(NC)C(=O)O)nn2)CC1C(=O)O)C(C)=O. The maximum atomic E-state index is 12.6. The second-order valence-corrected chi connectivity index (χ2v) is 6.96. The van der Waals surface area contributed by atoms with E-state index in [0.717, 1.165) is 0 Å². The molecule has 0 radical (unpaired) electrons. The number of Topliss-reactive ketones (excluding diaryl/α,β-unsaturated/α-hetero) is 1. The van der Waals surface area contributed by atoms with Crippen molar-refractivity contribution in [1.29, 1.82) is 0 Å². The smallest absolute Gasteiger partial charge is 0.327 e. The molecular weight excluding hydrogens is 383 g/mol. The van der Waals surface area contributed by atoms with E-state index in [0.29, 0.717) is 0 Å². The van der Waals surface area contributed by atoms with Gasteiger partial charge in [-0.3, -0.25) is 14.4 Å². The van der Waals surface area contributed by atoms with E-state index in [2.05, 4.69) is 20.9 Å². The van der Waals surface area contributed by atoms with Crippen molar-refractivity contribution < 1.29 is 29.4 Å². The lowest BCUT2D eigenvalue weighted by atomic mass is 10.1. The van der Waals surface area contributed by atoms with Gasteiger partial charge in [-0.1, -0.05) is 5.21 Å². The molecule has 1 saturated heterocycles. The Morgan fingerprint density at radius 3 is 2.55 bits per heavy atom. The van der Waals surface area contributed by atoms with Gasteiger partial charge in [0.1, 0.15) is 17.5 Å². The maximum Gasteiger partial charge on any atom is 0.327 e. The average molecular weight is 408 g/mol. The number of aliphatic carboxylic acids is 2. The Labute approximate surface area is 168 Å². The van der Waals surface area contributed by atoms with Gasteiger partial charge >= 0.3 is 11.9 Å². The molecule has 2 heterocycles. The number of nitrogens with zero attached hydrogens (tertiary/aromatic N) is 4. The number of hydrogen-bond acceptors (Lipinski definition) is 8. The van der Waals surface area contributed by atoms with Crippen LogP contribution in [0.4, 0.5) is 0 Å². The van der Waals surface area contributed by atoms with Gasteiger partial charge in [-0.25, -0.2) is 9.48 Å². The van der Waals surface area contributed by atoms with Gasteiger partial charge in [0.25, 0.3) is 0 Å². The first kappa shape index (κ1) is 22.5. The third kappa shape index (κ3) is 5.18. The summed E-state index contributed by atoms with van der Waals surface area (Å²) in [5, 5.41) is 31.9. The highest BCUT2D eigenvalue weighted by molar-refractivity contribution is 6.06. The van der Waals surface area contributed by atoms with Crippen LogP contribution in [0.3, 0.4) is 0 Å². The van der Waals surface area contributed by atoms with Gasteiger partial charge in [0, 0.05) is 19.4 Å². The zero-order valence-electron chi connectivity index (χ0n) is 16.5. The Morgan fingerprint density at radius 2 is 2.03 bits per heavy atom. The number of hydrogen-bond donors (Lipinski definition) is 4. The van der Waals surface area contributed by atoms with Crippen molar-refractivity contribution in [1.82, 2.24) is 30.4 Å². The zero-order chi connectivity index (χ0) is 21.7. The normalized spacial score (nSPS) is 21.0. The van der Waals surface area contributed by atoms with E-state index in [9.17, 15) is 29.4 Å². The summed E-state index contributed by atoms with van der Waals surface area (Å²) in [6, 6.07) is -2.97. The minimum atomic E-state index is -1.13. The number of rotatable bonds is 10. The number of carboxylic acid groups (broad SMARTS) is 2. The molecule has 1 amide bonds. The van der Waals surface area contributed by atoms with Crippen LogP contribution < -0.4 is 10.5 Å². The lowest BCUT2D eigenvalue weighted by molar-refractivity contribution is -0.148. The molecule has 0 saturated carbocycles. The maximum absolute atomic E-state index is 12.6. The zero-order valence-corrected chi connectivity index (χ0v) is 16.5. The number of likely N-dealkylation sites (N-methyl/N-ethyl adjacent to an activating group) is 1. The third-order valence-corrected chi connectivity index (χ3v) is 5.10. The molecule has 29 heavy (non-hydrogen) atoms. The highest BCUT2D eigenvalue weighted by Crippen LogP contribution is 2.28. The summed E-state index contributed by atoms with van der Waals surface area (Å²) in [5.41, 5.74) is 0.190. The van der Waals surface area contributed by atoms with Crippen molar-refractivity contribution in [2.75, 3.05) is 13.6 Å². The van der Waals surface area contributed by atoms with E-state index < -0.39 is 36.1 Å². The Morgan fingerprint density at radius 1 is 1.34 bits per heavy atom. The van der Waals surface area contributed by atoms with Gasteiger partial charge in [-0.15, -0.1) is 5.10 Å². The number of carbonyl (C=O) groups is 4. The predicted octanol–water partition coefficient (Wildman–Crippen LogP) is -2.27. The van der Waals surface area contributed by atoms with Gasteiger partial charge < -0.3 is 25.7 Å². The highest BCUT2D eigenvalue weighted by Gasteiger charge is 2.41. The number of nitrogens with one attached hydrogen (secondary N) is 2. The topological polar surface area (TPSA) is 167 Å². The minimum Gasteiger partial charge on any atom is -0.480 e. The van der Waals surface area contributed by atoms with Crippen LogP contribution in [0.5, 0.6) is 0 Å².